The second-order valence-electron chi connectivity index (χ2n) is 5.52. The van der Waals surface area contributed by atoms with Crippen LogP contribution in [0.3, 0.4) is 0 Å². The van der Waals surface area contributed by atoms with Crippen molar-refractivity contribution in [1.29, 1.82) is 0 Å². The van der Waals surface area contributed by atoms with Crippen molar-refractivity contribution < 1.29 is 19.1 Å². The van der Waals surface area contributed by atoms with Gasteiger partial charge in [0.25, 0.3) is 0 Å². The number of methoxy groups -OCH3 is 1. The predicted octanol–water partition coefficient (Wildman–Crippen LogP) is 3.62. The number of carbonyl (C=O) groups is 1. The molecule has 1 unspecified atom stereocenters. The summed E-state index contributed by atoms with van der Waals surface area (Å²) in [6.45, 7) is 11.6. The van der Waals surface area contributed by atoms with Crippen molar-refractivity contribution in [2.45, 2.75) is 54.3 Å². The Morgan fingerprint density at radius 3 is 2.09 bits per heavy atom. The third-order valence-electron chi connectivity index (χ3n) is 4.25. The molecule has 0 bridgehead atoms. The third kappa shape index (κ3) is 3.91. The summed E-state index contributed by atoms with van der Waals surface area (Å²) in [6, 6.07) is 0. The highest BCUT2D eigenvalue weighted by molar-refractivity contribution is 6.47. The van der Waals surface area contributed by atoms with Crippen LogP contribution in [0.25, 0.3) is 0 Å². The zero-order valence-electron chi connectivity index (χ0n) is 15.4. The van der Waals surface area contributed by atoms with Gasteiger partial charge in [0.1, 0.15) is 12.9 Å². The number of Topliss-reactive ketones (excluding diaryl/α,β-unsaturated/α-hetero) is 1. The van der Waals surface area contributed by atoms with Crippen LogP contribution in [0.4, 0.5) is 0 Å². The fraction of sp³-hybridized carbons (Fsp3) is 0.556. The van der Waals surface area contributed by atoms with Crippen LogP contribution in [-0.2, 0) is 14.4 Å². The highest BCUT2D eigenvalue weighted by atomic mass is 16.7. The second-order valence-corrected chi connectivity index (χ2v) is 5.52. The van der Waals surface area contributed by atoms with Gasteiger partial charge in [-0.1, -0.05) is 12.1 Å². The summed E-state index contributed by atoms with van der Waals surface area (Å²) in [5.74, 6) is 0.532. The van der Waals surface area contributed by atoms with Crippen molar-refractivity contribution in [1.82, 2.24) is 0 Å². The molecule has 1 atom stereocenters. The molecular weight excluding hydrogens is 294 g/mol. The third-order valence-corrected chi connectivity index (χ3v) is 4.25. The summed E-state index contributed by atoms with van der Waals surface area (Å²) < 4.78 is 11.2. The number of ether oxygens (including phenoxy) is 2. The van der Waals surface area contributed by atoms with Gasteiger partial charge in [0, 0.05) is 13.5 Å². The summed E-state index contributed by atoms with van der Waals surface area (Å²) in [4.78, 5) is 17.3. The molecule has 0 saturated heterocycles. The molecule has 1 rings (SSSR count). The molecule has 0 radical (unpaired) electrons. The smallest absolute Gasteiger partial charge is 0.196 e. The molecule has 5 heteroatoms. The van der Waals surface area contributed by atoms with E-state index in [0.29, 0.717) is 17.7 Å². The lowest BCUT2D eigenvalue weighted by molar-refractivity contribution is -0.112. The van der Waals surface area contributed by atoms with Crippen LogP contribution in [0.5, 0.6) is 5.75 Å². The number of benzene rings is 1. The van der Waals surface area contributed by atoms with E-state index in [9.17, 15) is 4.79 Å². The lowest BCUT2D eigenvalue weighted by Crippen LogP contribution is -2.22. The molecule has 0 aliphatic heterocycles. The van der Waals surface area contributed by atoms with E-state index in [2.05, 4.69) is 5.16 Å². The van der Waals surface area contributed by atoms with Gasteiger partial charge in [0.05, 0.1) is 5.56 Å². The van der Waals surface area contributed by atoms with Crippen LogP contribution in [-0.4, -0.2) is 32.0 Å². The standard InChI is InChI=1S/C18H27NO4/c1-9-15(20)17(19-22-8)16-12(4)10(2)11(3)13(5)18(16)23-14(6)21-7/h14H,9H2,1-8H3/b19-17-. The molecule has 0 aliphatic rings. The number of carbonyl (C=O) groups excluding carboxylic acids is 1. The monoisotopic (exact) mass is 321 g/mol. The van der Waals surface area contributed by atoms with Crippen molar-refractivity contribution in [2.24, 2.45) is 5.16 Å². The van der Waals surface area contributed by atoms with Crippen molar-refractivity contribution in [3.8, 4) is 5.75 Å². The Morgan fingerprint density at radius 2 is 1.61 bits per heavy atom. The van der Waals surface area contributed by atoms with Gasteiger partial charge in [-0.25, -0.2) is 0 Å². The highest BCUT2D eigenvalue weighted by Crippen LogP contribution is 2.34. The molecule has 0 spiro atoms. The minimum Gasteiger partial charge on any atom is -0.464 e. The lowest BCUT2D eigenvalue weighted by Gasteiger charge is -2.23. The highest BCUT2D eigenvalue weighted by Gasteiger charge is 2.25. The first-order valence-corrected chi connectivity index (χ1v) is 7.74. The van der Waals surface area contributed by atoms with Gasteiger partial charge in [-0.05, 0) is 56.9 Å². The first kappa shape index (κ1) is 19.2. The molecule has 5 nitrogen and oxygen atoms in total. The predicted molar refractivity (Wildman–Crippen MR) is 91.3 cm³/mol. The van der Waals surface area contributed by atoms with Crippen molar-refractivity contribution in [3.63, 3.8) is 0 Å². The number of oxime groups is 1. The minimum atomic E-state index is -0.436. The van der Waals surface area contributed by atoms with E-state index in [0.717, 1.165) is 22.3 Å². The van der Waals surface area contributed by atoms with Gasteiger partial charge < -0.3 is 14.3 Å². The molecule has 0 amide bonds. The maximum Gasteiger partial charge on any atom is 0.196 e. The van der Waals surface area contributed by atoms with Crippen molar-refractivity contribution in [2.75, 3.05) is 14.2 Å². The van der Waals surface area contributed by atoms with E-state index in [1.54, 1.807) is 14.0 Å². The van der Waals surface area contributed by atoms with E-state index >= 15 is 0 Å². The molecule has 0 aromatic heterocycles. The SMILES string of the molecule is CCC(=O)/C(=N/OC)c1c(C)c(C)c(C)c(C)c1OC(C)OC. The quantitative estimate of drug-likeness (QED) is 0.437. The van der Waals surface area contributed by atoms with Crippen molar-refractivity contribution in [3.05, 3.63) is 27.8 Å². The normalized spacial score (nSPS) is 13.0. The zero-order chi connectivity index (χ0) is 17.7. The van der Waals surface area contributed by atoms with Gasteiger partial charge in [0.15, 0.2) is 17.8 Å². The van der Waals surface area contributed by atoms with E-state index in [1.807, 2.05) is 34.6 Å². The van der Waals surface area contributed by atoms with Crippen LogP contribution in [0, 0.1) is 27.7 Å². The molecule has 1 aromatic carbocycles. The number of hydrogen-bond acceptors (Lipinski definition) is 5. The largest absolute Gasteiger partial charge is 0.464 e. The Hall–Kier alpha value is -1.88. The fourth-order valence-electron chi connectivity index (χ4n) is 2.42. The van der Waals surface area contributed by atoms with Gasteiger partial charge in [-0.3, -0.25) is 4.79 Å². The number of hydrogen-bond donors (Lipinski definition) is 0. The molecule has 23 heavy (non-hydrogen) atoms. The number of rotatable bonds is 7. The Labute approximate surface area is 138 Å². The van der Waals surface area contributed by atoms with Crippen LogP contribution in [0.1, 0.15) is 48.1 Å². The average molecular weight is 321 g/mol. The number of ketones is 1. The molecule has 0 saturated carbocycles. The topological polar surface area (TPSA) is 57.1 Å². The first-order valence-electron chi connectivity index (χ1n) is 7.74. The van der Waals surface area contributed by atoms with Gasteiger partial charge in [-0.15, -0.1) is 0 Å². The fourth-order valence-corrected chi connectivity index (χ4v) is 2.42. The van der Waals surface area contributed by atoms with Gasteiger partial charge in [0.2, 0.25) is 0 Å². The second kappa shape index (κ2) is 8.11. The van der Waals surface area contributed by atoms with E-state index in [1.165, 1.54) is 7.11 Å². The molecule has 0 fully saturated rings. The molecule has 0 aliphatic carbocycles. The zero-order valence-corrected chi connectivity index (χ0v) is 15.4. The van der Waals surface area contributed by atoms with Crippen LogP contribution in [0.2, 0.25) is 0 Å². The maximum atomic E-state index is 12.4. The molecule has 0 heterocycles. The minimum absolute atomic E-state index is 0.0903. The Morgan fingerprint density at radius 1 is 1.04 bits per heavy atom. The summed E-state index contributed by atoms with van der Waals surface area (Å²) >= 11 is 0. The molecule has 128 valence electrons. The van der Waals surface area contributed by atoms with E-state index < -0.39 is 6.29 Å². The summed E-state index contributed by atoms with van der Waals surface area (Å²) in [5.41, 5.74) is 5.15. The molecular formula is C18H27NO4. The van der Waals surface area contributed by atoms with E-state index in [4.69, 9.17) is 14.3 Å². The summed E-state index contributed by atoms with van der Waals surface area (Å²) in [6.07, 6.45) is -0.0955. The van der Waals surface area contributed by atoms with Crippen LogP contribution < -0.4 is 4.74 Å². The van der Waals surface area contributed by atoms with Crippen LogP contribution in [0.15, 0.2) is 5.16 Å². The average Bonchev–Trinajstić information content (AvgIpc) is 2.55. The van der Waals surface area contributed by atoms with Crippen molar-refractivity contribution >= 4 is 11.5 Å². The lowest BCUT2D eigenvalue weighted by atomic mass is 9.89. The Kier molecular flexibility index (Phi) is 6.76. The van der Waals surface area contributed by atoms with Crippen LogP contribution >= 0.6 is 0 Å². The molecule has 0 N–H and O–H groups in total. The Bertz CT molecular complexity index is 620. The Balaban J connectivity index is 3.73. The molecule has 1 aromatic rings. The van der Waals surface area contributed by atoms with E-state index in [-0.39, 0.29) is 11.5 Å². The number of nitrogens with zero attached hydrogens (tertiary/aromatic N) is 1. The maximum absolute atomic E-state index is 12.4. The summed E-state index contributed by atoms with van der Waals surface area (Å²) in [5, 5.41) is 3.98. The summed E-state index contributed by atoms with van der Waals surface area (Å²) in [7, 11) is 3.01. The van der Waals surface area contributed by atoms with Gasteiger partial charge in [-0.2, -0.15) is 0 Å². The first-order chi connectivity index (χ1) is 10.8. The van der Waals surface area contributed by atoms with Gasteiger partial charge >= 0.3 is 0 Å².